The smallest absolute Gasteiger partial charge is 0.150 e. The van der Waals surface area contributed by atoms with E-state index in [1.165, 1.54) is 11.8 Å². The molecular weight excluding hydrogens is 328 g/mol. The average molecular weight is 350 g/mol. The molecule has 2 fully saturated rings. The molecule has 3 heteroatoms. The highest BCUT2D eigenvalue weighted by molar-refractivity contribution is 7.91. The molecule has 0 spiro atoms. The van der Waals surface area contributed by atoms with Gasteiger partial charge in [-0.1, -0.05) is 66.8 Å². The first-order valence-electron chi connectivity index (χ1n) is 8.86. The van der Waals surface area contributed by atoms with Crippen LogP contribution in [0.25, 0.3) is 0 Å². The van der Waals surface area contributed by atoms with E-state index >= 15 is 0 Å². The summed E-state index contributed by atoms with van der Waals surface area (Å²) in [7, 11) is -3.06. The molecule has 2 aliphatic rings. The molecule has 2 nitrogen and oxygen atoms in total. The summed E-state index contributed by atoms with van der Waals surface area (Å²) >= 11 is 0. The molecule has 2 aromatic rings. The van der Waals surface area contributed by atoms with Crippen LogP contribution in [0, 0.1) is 23.7 Å². The van der Waals surface area contributed by atoms with E-state index in [0.29, 0.717) is 0 Å². The van der Waals surface area contributed by atoms with Crippen LogP contribution in [0.3, 0.4) is 0 Å². The summed E-state index contributed by atoms with van der Waals surface area (Å²) < 4.78 is 24.7. The Balaban J connectivity index is 1.84. The lowest BCUT2D eigenvalue weighted by molar-refractivity contribution is 0.0255. The maximum Gasteiger partial charge on any atom is 0.150 e. The van der Waals surface area contributed by atoms with Crippen LogP contribution in [0.4, 0.5) is 0 Å². The molecule has 0 heterocycles. The van der Waals surface area contributed by atoms with E-state index in [1.54, 1.807) is 0 Å². The van der Waals surface area contributed by atoms with Crippen molar-refractivity contribution in [3.8, 4) is 11.8 Å². The molecule has 0 N–H and O–H groups in total. The second-order valence-corrected chi connectivity index (χ2v) is 9.49. The third-order valence-corrected chi connectivity index (χ3v) is 7.57. The maximum atomic E-state index is 12.4. The Kier molecular flexibility index (Phi) is 3.96. The van der Waals surface area contributed by atoms with E-state index < -0.39 is 9.84 Å². The van der Waals surface area contributed by atoms with E-state index in [0.717, 1.165) is 24.8 Å². The summed E-state index contributed by atoms with van der Waals surface area (Å²) in [5.74, 6) is 7.09. The third kappa shape index (κ3) is 2.60. The Morgan fingerprint density at radius 2 is 1.48 bits per heavy atom. The lowest BCUT2D eigenvalue weighted by atomic mass is 9.44. The quantitative estimate of drug-likeness (QED) is 0.772. The van der Waals surface area contributed by atoms with Gasteiger partial charge < -0.3 is 0 Å². The monoisotopic (exact) mass is 350 g/mol. The maximum absolute atomic E-state index is 12.4. The fourth-order valence-electron chi connectivity index (χ4n) is 4.99. The van der Waals surface area contributed by atoms with Crippen molar-refractivity contribution in [3.63, 3.8) is 0 Å². The minimum Gasteiger partial charge on any atom is -0.229 e. The first-order valence-corrected chi connectivity index (χ1v) is 10.8. The molecule has 25 heavy (non-hydrogen) atoms. The lowest BCUT2D eigenvalue weighted by Crippen LogP contribution is -2.67. The molecule has 0 amide bonds. The zero-order chi connectivity index (χ0) is 17.5. The topological polar surface area (TPSA) is 34.1 Å². The van der Waals surface area contributed by atoms with Gasteiger partial charge in [0.2, 0.25) is 0 Å². The molecule has 0 aromatic heterocycles. The van der Waals surface area contributed by atoms with Gasteiger partial charge in [-0.15, -0.1) is 0 Å². The van der Waals surface area contributed by atoms with Gasteiger partial charge in [0.25, 0.3) is 0 Å². The van der Waals surface area contributed by atoms with Crippen molar-refractivity contribution in [2.45, 2.75) is 29.9 Å². The average Bonchev–Trinajstić information content (AvgIpc) is 2.63. The molecule has 0 radical (unpaired) electrons. The van der Waals surface area contributed by atoms with Crippen LogP contribution in [0.1, 0.15) is 30.4 Å². The number of fused-ring (bicyclic) bond motifs is 2. The third-order valence-electron chi connectivity index (χ3n) is 5.93. The van der Waals surface area contributed by atoms with E-state index in [-0.39, 0.29) is 22.5 Å². The summed E-state index contributed by atoms with van der Waals surface area (Å²) in [4.78, 5) is 0. The Morgan fingerprint density at radius 1 is 0.920 bits per heavy atom. The molecule has 2 bridgehead atoms. The van der Waals surface area contributed by atoms with Gasteiger partial charge in [-0.25, -0.2) is 8.42 Å². The van der Waals surface area contributed by atoms with Crippen LogP contribution in [0.5, 0.6) is 0 Å². The summed E-state index contributed by atoms with van der Waals surface area (Å²) in [6, 6.07) is 20.3. The SMILES string of the molecule is CS(=O)(=O)C1C2CCCC1C2(C#Cc1ccccc1)c1ccccc1. The fraction of sp³-hybridized carbons (Fsp3) is 0.364. The van der Waals surface area contributed by atoms with Crippen molar-refractivity contribution in [3.05, 3.63) is 71.8 Å². The second-order valence-electron chi connectivity index (χ2n) is 7.29. The molecule has 2 saturated carbocycles. The fourth-order valence-corrected chi connectivity index (χ4v) is 6.89. The number of hydrogen-bond donors (Lipinski definition) is 0. The largest absolute Gasteiger partial charge is 0.229 e. The lowest BCUT2D eigenvalue weighted by Gasteiger charge is -2.62. The molecule has 0 saturated heterocycles. The predicted molar refractivity (Wildman–Crippen MR) is 101 cm³/mol. The molecule has 2 atom stereocenters. The van der Waals surface area contributed by atoms with Gasteiger partial charge in [-0.05, 0) is 42.4 Å². The first kappa shape index (κ1) is 16.4. The van der Waals surface area contributed by atoms with Crippen molar-refractivity contribution in [2.24, 2.45) is 11.8 Å². The number of rotatable bonds is 2. The molecule has 2 aliphatic carbocycles. The molecule has 2 aromatic carbocycles. The van der Waals surface area contributed by atoms with Gasteiger partial charge in [0.1, 0.15) is 0 Å². The van der Waals surface area contributed by atoms with Crippen LogP contribution in [-0.4, -0.2) is 19.9 Å². The molecular formula is C22H22O2S. The van der Waals surface area contributed by atoms with Crippen LogP contribution < -0.4 is 0 Å². The van der Waals surface area contributed by atoms with E-state index in [4.69, 9.17) is 0 Å². The van der Waals surface area contributed by atoms with Crippen molar-refractivity contribution >= 4 is 9.84 Å². The summed E-state index contributed by atoms with van der Waals surface area (Å²) in [6.45, 7) is 0. The molecule has 2 unspecified atom stereocenters. The zero-order valence-corrected chi connectivity index (χ0v) is 15.2. The van der Waals surface area contributed by atoms with Gasteiger partial charge in [0.05, 0.1) is 10.7 Å². The normalized spacial score (nSPS) is 30.7. The van der Waals surface area contributed by atoms with Crippen LogP contribution in [-0.2, 0) is 15.3 Å². The van der Waals surface area contributed by atoms with E-state index in [9.17, 15) is 8.42 Å². The highest BCUT2D eigenvalue weighted by Gasteiger charge is 2.66. The van der Waals surface area contributed by atoms with Crippen LogP contribution in [0.15, 0.2) is 60.7 Å². The van der Waals surface area contributed by atoms with E-state index in [1.807, 2.05) is 48.5 Å². The van der Waals surface area contributed by atoms with Gasteiger partial charge in [-0.3, -0.25) is 0 Å². The predicted octanol–water partition coefficient (Wildman–Crippen LogP) is 3.82. The summed E-state index contributed by atoms with van der Waals surface area (Å²) in [5, 5.41) is -0.244. The molecule has 4 rings (SSSR count). The second kappa shape index (κ2) is 6.04. The first-order chi connectivity index (χ1) is 12.0. The van der Waals surface area contributed by atoms with Gasteiger partial charge in [0, 0.05) is 11.8 Å². The van der Waals surface area contributed by atoms with Crippen molar-refractivity contribution < 1.29 is 8.42 Å². The highest BCUT2D eigenvalue weighted by Crippen LogP contribution is 2.62. The van der Waals surface area contributed by atoms with Gasteiger partial charge in [-0.2, -0.15) is 0 Å². The molecule has 0 aliphatic heterocycles. The van der Waals surface area contributed by atoms with Crippen LogP contribution in [0.2, 0.25) is 0 Å². The Bertz CT molecular complexity index is 908. The Labute approximate surface area is 150 Å². The number of benzene rings is 2. The minimum atomic E-state index is -3.06. The number of sulfone groups is 1. The zero-order valence-electron chi connectivity index (χ0n) is 14.4. The van der Waals surface area contributed by atoms with Crippen LogP contribution >= 0.6 is 0 Å². The number of hydrogen-bond acceptors (Lipinski definition) is 2. The van der Waals surface area contributed by atoms with Crippen molar-refractivity contribution in [2.75, 3.05) is 6.26 Å². The summed E-state index contributed by atoms with van der Waals surface area (Å²) in [5.41, 5.74) is 1.83. The van der Waals surface area contributed by atoms with E-state index in [2.05, 4.69) is 24.0 Å². The molecule has 128 valence electrons. The Morgan fingerprint density at radius 3 is 2.04 bits per heavy atom. The standard InChI is InChI=1S/C22H22O2S/c1-25(23,24)21-19-13-8-14-20(21)22(19,18-11-6-3-7-12-18)16-15-17-9-4-2-5-10-17/h2-7,9-12,19-21H,8,13-14H2,1H3. The minimum absolute atomic E-state index is 0.0971. The summed E-state index contributed by atoms with van der Waals surface area (Å²) in [6.07, 6.45) is 4.37. The Hall–Kier alpha value is -2.05. The van der Waals surface area contributed by atoms with Crippen molar-refractivity contribution in [1.29, 1.82) is 0 Å². The van der Waals surface area contributed by atoms with Gasteiger partial charge in [0.15, 0.2) is 9.84 Å². The highest BCUT2D eigenvalue weighted by atomic mass is 32.2. The van der Waals surface area contributed by atoms with Gasteiger partial charge >= 0.3 is 0 Å². The van der Waals surface area contributed by atoms with Crippen molar-refractivity contribution in [1.82, 2.24) is 0 Å².